The molecular weight excluding hydrogens is 412 g/mol. The molecule has 2 aromatic heterocycles. The Morgan fingerprint density at radius 2 is 1.68 bits per heavy atom. The van der Waals surface area contributed by atoms with Gasteiger partial charge in [0, 0.05) is 18.1 Å². The van der Waals surface area contributed by atoms with Crippen LogP contribution in [0.5, 0.6) is 0 Å². The number of amides is 1. The lowest BCUT2D eigenvalue weighted by Crippen LogP contribution is -2.22. The van der Waals surface area contributed by atoms with Crippen LogP contribution in [-0.2, 0) is 16.4 Å². The van der Waals surface area contributed by atoms with E-state index in [1.807, 2.05) is 32.9 Å². The average molecular weight is 435 g/mol. The summed E-state index contributed by atoms with van der Waals surface area (Å²) in [5, 5.41) is 3.59. The van der Waals surface area contributed by atoms with Crippen molar-refractivity contribution >= 4 is 26.7 Å². The molecule has 0 saturated carbocycles. The van der Waals surface area contributed by atoms with E-state index >= 15 is 0 Å². The molecule has 31 heavy (non-hydrogen) atoms. The average Bonchev–Trinajstić information content (AvgIpc) is 3.16. The van der Waals surface area contributed by atoms with Gasteiger partial charge in [-0.05, 0) is 61.7 Å². The summed E-state index contributed by atoms with van der Waals surface area (Å²) in [6.45, 7) is 5.81. The highest BCUT2D eigenvalue weighted by Gasteiger charge is 2.22. The van der Waals surface area contributed by atoms with Gasteiger partial charge in [0.05, 0.1) is 16.0 Å². The topological polar surface area (TPSA) is 89.3 Å². The van der Waals surface area contributed by atoms with E-state index in [9.17, 15) is 13.2 Å². The third-order valence-corrected chi connectivity index (χ3v) is 7.18. The lowest BCUT2D eigenvalue weighted by molar-refractivity contribution is 0.0925. The van der Waals surface area contributed by atoms with Gasteiger partial charge in [0.25, 0.3) is 5.91 Å². The van der Waals surface area contributed by atoms with Gasteiger partial charge in [0.15, 0.2) is 11.3 Å². The summed E-state index contributed by atoms with van der Waals surface area (Å²) < 4.78 is 31.8. The first-order chi connectivity index (χ1) is 14.8. The molecule has 0 atom stereocenters. The number of hydrogen-bond donors (Lipinski definition) is 1. The first-order valence-corrected chi connectivity index (χ1v) is 11.3. The van der Waals surface area contributed by atoms with E-state index in [1.165, 1.54) is 0 Å². The van der Waals surface area contributed by atoms with Crippen LogP contribution in [0.2, 0.25) is 0 Å². The van der Waals surface area contributed by atoms with Crippen molar-refractivity contribution in [3.8, 4) is 0 Å². The number of aromatic nitrogens is 1. The Bertz CT molecular complexity index is 1330. The number of carbonyl (C=O) groups excluding carboxylic acids is 1. The van der Waals surface area contributed by atoms with Gasteiger partial charge in [-0.25, -0.2) is 8.42 Å². The number of hydrogen-bond acceptors (Lipinski definition) is 5. The molecule has 0 radical (unpaired) electrons. The predicted molar refractivity (Wildman–Crippen MR) is 118 cm³/mol. The summed E-state index contributed by atoms with van der Waals surface area (Å²) >= 11 is 0. The van der Waals surface area contributed by atoms with Crippen LogP contribution in [-0.4, -0.2) is 19.3 Å². The summed E-state index contributed by atoms with van der Waals surface area (Å²) in [7, 11) is -3.63. The number of sulfone groups is 1. The van der Waals surface area contributed by atoms with Crippen molar-refractivity contribution in [2.75, 3.05) is 0 Å². The summed E-state index contributed by atoms with van der Waals surface area (Å²) in [6, 6.07) is 13.7. The summed E-state index contributed by atoms with van der Waals surface area (Å²) in [5.74, 6) is -0.147. The van der Waals surface area contributed by atoms with Crippen molar-refractivity contribution in [1.82, 2.24) is 10.3 Å². The van der Waals surface area contributed by atoms with Crippen LogP contribution < -0.4 is 5.32 Å². The summed E-state index contributed by atoms with van der Waals surface area (Å²) in [5.41, 5.74) is 3.82. The Hall–Kier alpha value is -3.45. The van der Waals surface area contributed by atoms with E-state index in [1.54, 1.807) is 48.8 Å². The molecule has 1 N–H and O–H groups in total. The second-order valence-electron chi connectivity index (χ2n) is 7.58. The highest BCUT2D eigenvalue weighted by atomic mass is 32.2. The maximum Gasteiger partial charge on any atom is 0.287 e. The molecule has 4 rings (SSSR count). The van der Waals surface area contributed by atoms with E-state index in [0.717, 1.165) is 27.6 Å². The van der Waals surface area contributed by atoms with Crippen molar-refractivity contribution in [2.24, 2.45) is 0 Å². The van der Waals surface area contributed by atoms with Gasteiger partial charge in [0.2, 0.25) is 9.84 Å². The molecule has 0 fully saturated rings. The fourth-order valence-electron chi connectivity index (χ4n) is 3.76. The largest absolute Gasteiger partial charge is 0.449 e. The highest BCUT2D eigenvalue weighted by molar-refractivity contribution is 7.91. The lowest BCUT2D eigenvalue weighted by Gasteiger charge is -2.13. The molecule has 0 aliphatic carbocycles. The van der Waals surface area contributed by atoms with Crippen LogP contribution in [0, 0.1) is 20.8 Å². The van der Waals surface area contributed by atoms with Gasteiger partial charge in [-0.2, -0.15) is 0 Å². The van der Waals surface area contributed by atoms with Crippen molar-refractivity contribution in [3.05, 3.63) is 88.9 Å². The van der Waals surface area contributed by atoms with Crippen molar-refractivity contribution in [2.45, 2.75) is 37.1 Å². The molecule has 0 aliphatic heterocycles. The van der Waals surface area contributed by atoms with Crippen LogP contribution >= 0.6 is 0 Å². The third kappa shape index (κ3) is 4.09. The molecule has 1 amide bonds. The quantitative estimate of drug-likeness (QED) is 0.499. The maximum atomic E-state index is 13.1. The first-order valence-electron chi connectivity index (χ1n) is 9.79. The van der Waals surface area contributed by atoms with Crippen LogP contribution in [0.4, 0.5) is 0 Å². The maximum absolute atomic E-state index is 13.1. The number of pyridine rings is 1. The molecule has 0 aliphatic rings. The molecule has 6 nitrogen and oxygen atoms in total. The fourth-order valence-corrected chi connectivity index (χ4v) is 5.46. The van der Waals surface area contributed by atoms with Crippen molar-refractivity contribution < 1.29 is 17.6 Å². The number of fused-ring (bicyclic) bond motifs is 1. The number of nitrogens with one attached hydrogen (secondary N) is 1. The number of benzene rings is 2. The van der Waals surface area contributed by atoms with E-state index < -0.39 is 9.84 Å². The second-order valence-corrected chi connectivity index (χ2v) is 9.47. The Labute approximate surface area is 180 Å². The Morgan fingerprint density at radius 3 is 2.32 bits per heavy atom. The Balaban J connectivity index is 1.50. The normalized spacial score (nSPS) is 11.6. The number of nitrogens with zero attached hydrogens (tertiary/aromatic N) is 1. The zero-order valence-electron chi connectivity index (χ0n) is 17.5. The molecule has 158 valence electrons. The molecule has 7 heteroatoms. The standard InChI is InChI=1S/C24H22N2O4S/c1-15-10-16(2)23(17(3)11-15)31(28,29)20-6-4-18(5-7-20)13-26-24(27)21-12-19-8-9-25-14-22(19)30-21/h4-12,14H,13H2,1-3H3,(H,26,27). The van der Waals surface area contributed by atoms with Crippen LogP contribution in [0.1, 0.15) is 32.8 Å². The van der Waals surface area contributed by atoms with E-state index in [2.05, 4.69) is 10.3 Å². The third-order valence-electron chi connectivity index (χ3n) is 5.11. The number of carbonyl (C=O) groups is 1. The Morgan fingerprint density at radius 1 is 1.00 bits per heavy atom. The molecule has 0 unspecified atom stereocenters. The van der Waals surface area contributed by atoms with Crippen molar-refractivity contribution in [3.63, 3.8) is 0 Å². The molecule has 0 saturated heterocycles. The first kappa shape index (κ1) is 20.8. The van der Waals surface area contributed by atoms with Crippen molar-refractivity contribution in [1.29, 1.82) is 0 Å². The van der Waals surface area contributed by atoms with Crippen LogP contribution in [0.25, 0.3) is 11.0 Å². The minimum absolute atomic E-state index is 0.201. The monoisotopic (exact) mass is 434 g/mol. The molecule has 0 bridgehead atoms. The minimum Gasteiger partial charge on any atom is -0.449 e. The number of rotatable bonds is 5. The van der Waals surface area contributed by atoms with Gasteiger partial charge in [0.1, 0.15) is 0 Å². The smallest absolute Gasteiger partial charge is 0.287 e. The number of aryl methyl sites for hydroxylation is 3. The summed E-state index contributed by atoms with van der Waals surface area (Å²) in [4.78, 5) is 16.9. The minimum atomic E-state index is -3.63. The molecule has 4 aromatic rings. The fraction of sp³-hybridized carbons (Fsp3) is 0.167. The van der Waals surface area contributed by atoms with Crippen LogP contribution in [0.3, 0.4) is 0 Å². The van der Waals surface area contributed by atoms with E-state index in [0.29, 0.717) is 10.5 Å². The molecular formula is C24H22N2O4S. The predicted octanol–water partition coefficient (Wildman–Crippen LogP) is 4.52. The molecule has 2 aromatic carbocycles. The van der Waals surface area contributed by atoms with Crippen LogP contribution in [0.15, 0.2) is 75.1 Å². The van der Waals surface area contributed by atoms with Gasteiger partial charge in [-0.1, -0.05) is 29.8 Å². The number of furan rings is 1. The van der Waals surface area contributed by atoms with E-state index in [4.69, 9.17) is 4.42 Å². The zero-order valence-corrected chi connectivity index (χ0v) is 18.3. The Kier molecular flexibility index (Phi) is 5.37. The summed E-state index contributed by atoms with van der Waals surface area (Å²) in [6.07, 6.45) is 3.19. The van der Waals surface area contributed by atoms with Gasteiger partial charge in [-0.3, -0.25) is 9.78 Å². The molecule has 2 heterocycles. The van der Waals surface area contributed by atoms with Gasteiger partial charge < -0.3 is 9.73 Å². The molecule has 0 spiro atoms. The zero-order chi connectivity index (χ0) is 22.2. The van der Waals surface area contributed by atoms with Gasteiger partial charge in [-0.15, -0.1) is 0 Å². The van der Waals surface area contributed by atoms with Gasteiger partial charge >= 0.3 is 0 Å². The lowest BCUT2D eigenvalue weighted by atomic mass is 10.1. The second kappa shape index (κ2) is 8.00. The highest BCUT2D eigenvalue weighted by Crippen LogP contribution is 2.28. The van der Waals surface area contributed by atoms with E-state index in [-0.39, 0.29) is 23.1 Å². The SMILES string of the molecule is Cc1cc(C)c(S(=O)(=O)c2ccc(CNC(=O)c3cc4ccncc4o3)cc2)c(C)c1.